The quantitative estimate of drug-likeness (QED) is 0.256. The van der Waals surface area contributed by atoms with Gasteiger partial charge in [-0.15, -0.1) is 11.3 Å². The Morgan fingerprint density at radius 3 is 3.04 bits per heavy atom. The van der Waals surface area contributed by atoms with E-state index in [2.05, 4.69) is 10.1 Å². The first-order chi connectivity index (χ1) is 11.5. The van der Waals surface area contributed by atoms with E-state index in [1.807, 2.05) is 25.1 Å². The van der Waals surface area contributed by atoms with E-state index in [1.54, 1.807) is 5.38 Å². The fourth-order valence-electron chi connectivity index (χ4n) is 2.81. The lowest BCUT2D eigenvalue weighted by Gasteiger charge is -2.28. The average Bonchev–Trinajstić information content (AvgIpc) is 2.96. The fraction of sp³-hybridized carbons (Fsp3) is 0.267. The number of Topliss-reactive ketones (excluding diaryl/α,β-unsaturated/α-hetero) is 1. The smallest absolute Gasteiger partial charge is 0.526 e. The number of carbonyl (C=O) groups excluding carboxylic acids is 1. The molecular weight excluding hydrogens is 347 g/mol. The molecule has 3 rings (SSSR count). The molecule has 0 unspecified atom stereocenters. The van der Waals surface area contributed by atoms with Gasteiger partial charge in [0.1, 0.15) is 5.75 Å². The molecule has 0 fully saturated rings. The molecule has 2 aromatic rings. The molecule has 1 aliphatic heterocycles. The molecule has 0 radical (unpaired) electrons. The molecule has 24 heavy (non-hydrogen) atoms. The number of aryl methyl sites for hydroxylation is 1. The van der Waals surface area contributed by atoms with Crippen molar-refractivity contribution >= 4 is 42.2 Å². The molecule has 2 heterocycles. The Kier molecular flexibility index (Phi) is 4.84. The van der Waals surface area contributed by atoms with Crippen LogP contribution in [0.5, 0.6) is 5.75 Å². The summed E-state index contributed by atoms with van der Waals surface area (Å²) in [5.74, 6) is -0.123. The maximum Gasteiger partial charge on any atom is 0.526 e. The standard InChI is InChI=1S/C15H15BN2O4S2/c1-8-3-2-4-9-5-10(16(20)22-14(8)9)6-12(19)13(18-21)11-7-24-15(23)17-11/h2-4,7,10,20-21H,5-6H2,1H3,(H,17,23)/b18-13-/t10-/m1/s1. The Balaban J connectivity index is 1.78. The number of hydrogen-bond acceptors (Lipinski definition) is 7. The third-order valence-corrected chi connectivity index (χ3v) is 5.07. The molecule has 1 aliphatic rings. The Labute approximate surface area is 147 Å². The molecule has 9 heteroatoms. The van der Waals surface area contributed by atoms with E-state index < -0.39 is 12.9 Å². The highest BCUT2D eigenvalue weighted by Gasteiger charge is 2.37. The lowest BCUT2D eigenvalue weighted by atomic mass is 9.64. The highest BCUT2D eigenvalue weighted by Crippen LogP contribution is 2.36. The first-order valence-electron chi connectivity index (χ1n) is 7.36. The van der Waals surface area contributed by atoms with Crippen LogP contribution in [0.2, 0.25) is 5.82 Å². The number of ketones is 1. The van der Waals surface area contributed by atoms with Gasteiger partial charge in [0.05, 0.1) is 5.69 Å². The van der Waals surface area contributed by atoms with Gasteiger partial charge in [0, 0.05) is 17.6 Å². The van der Waals surface area contributed by atoms with Crippen LogP contribution >= 0.6 is 23.6 Å². The number of oxime groups is 1. The van der Waals surface area contributed by atoms with Crippen molar-refractivity contribution in [1.29, 1.82) is 0 Å². The van der Waals surface area contributed by atoms with Crippen LogP contribution in [0.15, 0.2) is 28.7 Å². The van der Waals surface area contributed by atoms with Crippen LogP contribution in [-0.4, -0.2) is 33.8 Å². The van der Waals surface area contributed by atoms with Crippen LogP contribution in [-0.2, 0) is 11.2 Å². The van der Waals surface area contributed by atoms with Crippen LogP contribution in [0.4, 0.5) is 0 Å². The number of hydrogen-bond donors (Lipinski definition) is 3. The topological polar surface area (TPSA) is 94.9 Å². The summed E-state index contributed by atoms with van der Waals surface area (Å²) in [5.41, 5.74) is 2.18. The summed E-state index contributed by atoms with van der Waals surface area (Å²) in [6.45, 7) is 1.91. The lowest BCUT2D eigenvalue weighted by Crippen LogP contribution is -2.36. The second-order valence-corrected chi connectivity index (χ2v) is 7.22. The maximum absolute atomic E-state index is 12.5. The van der Waals surface area contributed by atoms with E-state index >= 15 is 0 Å². The summed E-state index contributed by atoms with van der Waals surface area (Å²) in [6.07, 6.45) is 0.520. The largest absolute Gasteiger partial charge is 0.536 e. The van der Waals surface area contributed by atoms with Gasteiger partial charge in [-0.2, -0.15) is 0 Å². The van der Waals surface area contributed by atoms with Gasteiger partial charge in [0.2, 0.25) is 0 Å². The van der Waals surface area contributed by atoms with Crippen molar-refractivity contribution in [3.63, 3.8) is 0 Å². The maximum atomic E-state index is 12.5. The predicted octanol–water partition coefficient (Wildman–Crippen LogP) is 2.74. The number of aromatic amines is 1. The van der Waals surface area contributed by atoms with Gasteiger partial charge in [-0.25, -0.2) is 0 Å². The average molecular weight is 362 g/mol. The summed E-state index contributed by atoms with van der Waals surface area (Å²) in [6, 6.07) is 5.75. The molecule has 0 saturated heterocycles. The number of para-hydroxylation sites is 1. The number of nitrogens with zero attached hydrogens (tertiary/aromatic N) is 1. The van der Waals surface area contributed by atoms with Crippen LogP contribution in [0, 0.1) is 10.9 Å². The number of benzene rings is 1. The van der Waals surface area contributed by atoms with Crippen LogP contribution in [0.3, 0.4) is 0 Å². The molecule has 1 aromatic carbocycles. The van der Waals surface area contributed by atoms with E-state index in [4.69, 9.17) is 16.9 Å². The molecule has 0 aliphatic carbocycles. The third-order valence-electron chi connectivity index (χ3n) is 4.00. The zero-order valence-electron chi connectivity index (χ0n) is 12.9. The van der Waals surface area contributed by atoms with Gasteiger partial charge in [0.15, 0.2) is 15.4 Å². The molecule has 124 valence electrons. The Morgan fingerprint density at radius 2 is 2.38 bits per heavy atom. The molecule has 0 saturated carbocycles. The Bertz CT molecular complexity index is 861. The van der Waals surface area contributed by atoms with Crippen molar-refractivity contribution in [2.45, 2.75) is 25.6 Å². The first kappa shape index (κ1) is 16.9. The Hall–Kier alpha value is -1.97. The second-order valence-electron chi connectivity index (χ2n) is 5.67. The lowest BCUT2D eigenvalue weighted by molar-refractivity contribution is -0.113. The second kappa shape index (κ2) is 6.88. The van der Waals surface area contributed by atoms with E-state index in [-0.39, 0.29) is 17.9 Å². The predicted molar refractivity (Wildman–Crippen MR) is 94.7 cm³/mol. The van der Waals surface area contributed by atoms with Crippen molar-refractivity contribution in [3.8, 4) is 5.75 Å². The number of thiazole rings is 1. The first-order valence-corrected chi connectivity index (χ1v) is 8.65. The molecule has 1 aromatic heterocycles. The van der Waals surface area contributed by atoms with Crippen LogP contribution < -0.4 is 4.65 Å². The van der Waals surface area contributed by atoms with E-state index in [1.165, 1.54) is 11.3 Å². The highest BCUT2D eigenvalue weighted by molar-refractivity contribution is 7.73. The van der Waals surface area contributed by atoms with Crippen molar-refractivity contribution in [2.24, 2.45) is 5.16 Å². The van der Waals surface area contributed by atoms with Crippen molar-refractivity contribution in [3.05, 3.63) is 44.4 Å². The van der Waals surface area contributed by atoms with Crippen LogP contribution in [0.25, 0.3) is 0 Å². The Morgan fingerprint density at radius 1 is 1.58 bits per heavy atom. The molecule has 1 atom stereocenters. The molecule has 3 N–H and O–H groups in total. The summed E-state index contributed by atoms with van der Waals surface area (Å²) in [5, 5.41) is 24.1. The number of H-pyrrole nitrogens is 1. The number of nitrogens with one attached hydrogen (secondary N) is 1. The van der Waals surface area contributed by atoms with Crippen molar-refractivity contribution < 1.29 is 19.7 Å². The summed E-state index contributed by atoms with van der Waals surface area (Å²) >= 11 is 6.22. The third kappa shape index (κ3) is 3.28. The van der Waals surface area contributed by atoms with Gasteiger partial charge in [-0.3, -0.25) is 4.79 Å². The van der Waals surface area contributed by atoms with E-state index in [0.29, 0.717) is 21.8 Å². The zero-order chi connectivity index (χ0) is 17.3. The van der Waals surface area contributed by atoms with Gasteiger partial charge in [-0.1, -0.05) is 23.4 Å². The van der Waals surface area contributed by atoms with Gasteiger partial charge >= 0.3 is 7.12 Å². The molecule has 6 nitrogen and oxygen atoms in total. The molecule has 0 amide bonds. The van der Waals surface area contributed by atoms with Gasteiger partial charge in [0.25, 0.3) is 0 Å². The summed E-state index contributed by atoms with van der Waals surface area (Å²) < 4.78 is 6.07. The number of carbonyl (C=O) groups is 1. The van der Waals surface area contributed by atoms with Crippen LogP contribution in [0.1, 0.15) is 23.2 Å². The van der Waals surface area contributed by atoms with Crippen molar-refractivity contribution in [2.75, 3.05) is 0 Å². The monoisotopic (exact) mass is 362 g/mol. The van der Waals surface area contributed by atoms with Gasteiger partial charge in [-0.05, 0) is 36.7 Å². The minimum Gasteiger partial charge on any atom is -0.536 e. The summed E-state index contributed by atoms with van der Waals surface area (Å²) in [7, 11) is -1.08. The summed E-state index contributed by atoms with van der Waals surface area (Å²) in [4.78, 5) is 15.3. The minimum absolute atomic E-state index is 0.00436. The molecule has 0 spiro atoms. The number of rotatable bonds is 4. The van der Waals surface area contributed by atoms with Crippen molar-refractivity contribution in [1.82, 2.24) is 4.98 Å². The minimum atomic E-state index is -1.08. The zero-order valence-corrected chi connectivity index (χ0v) is 14.5. The SMILES string of the molecule is Cc1cccc2c1OB(O)[C@@H](CC(=O)/C(=N\O)c1csc(=S)[nH]1)C2. The van der Waals surface area contributed by atoms with E-state index in [0.717, 1.165) is 11.1 Å². The van der Waals surface area contributed by atoms with Gasteiger partial charge < -0.3 is 19.9 Å². The molecular formula is C15H15BN2O4S2. The number of fused-ring (bicyclic) bond motifs is 1. The number of aromatic nitrogens is 1. The normalized spacial score (nSPS) is 17.3. The fourth-order valence-corrected chi connectivity index (χ4v) is 3.63. The highest BCUT2D eigenvalue weighted by atomic mass is 32.1. The van der Waals surface area contributed by atoms with E-state index in [9.17, 15) is 15.0 Å². The molecule has 0 bridgehead atoms.